The van der Waals surface area contributed by atoms with Crippen LogP contribution in [0.5, 0.6) is 0 Å². The second-order valence-corrected chi connectivity index (χ2v) is 6.04. The molecule has 0 aromatic carbocycles. The summed E-state index contributed by atoms with van der Waals surface area (Å²) < 4.78 is 15.2. The lowest BCUT2D eigenvalue weighted by Gasteiger charge is -2.19. The molecule has 5 nitrogen and oxygen atoms in total. The zero-order chi connectivity index (χ0) is 13.4. The third-order valence-electron chi connectivity index (χ3n) is 1.77. The number of epoxide rings is 1. The highest BCUT2D eigenvalue weighted by Gasteiger charge is 2.54. The lowest BCUT2D eigenvalue weighted by molar-refractivity contribution is -0.159. The van der Waals surface area contributed by atoms with Gasteiger partial charge < -0.3 is 14.2 Å². The van der Waals surface area contributed by atoms with Gasteiger partial charge in [-0.2, -0.15) is 0 Å². The molecule has 17 heavy (non-hydrogen) atoms. The molecule has 2 atom stereocenters. The van der Waals surface area contributed by atoms with Crippen LogP contribution in [-0.2, 0) is 23.8 Å². The Labute approximate surface area is 101 Å². The Morgan fingerprint density at radius 2 is 1.12 bits per heavy atom. The summed E-state index contributed by atoms with van der Waals surface area (Å²) in [7, 11) is 0. The fraction of sp³-hybridized carbons (Fsp3) is 0.833. The van der Waals surface area contributed by atoms with Crippen LogP contribution >= 0.6 is 0 Å². The Kier molecular flexibility index (Phi) is 3.52. The number of rotatable bonds is 2. The van der Waals surface area contributed by atoms with Crippen LogP contribution in [0.25, 0.3) is 0 Å². The molecule has 0 aromatic heterocycles. The van der Waals surface area contributed by atoms with Gasteiger partial charge >= 0.3 is 11.9 Å². The Hall–Kier alpha value is -1.10. The van der Waals surface area contributed by atoms with E-state index < -0.39 is 35.3 Å². The molecule has 1 aliphatic rings. The first-order valence-electron chi connectivity index (χ1n) is 5.61. The van der Waals surface area contributed by atoms with Crippen LogP contribution in [0.4, 0.5) is 0 Å². The molecular weight excluding hydrogens is 224 g/mol. The molecule has 0 N–H and O–H groups in total. The van der Waals surface area contributed by atoms with Gasteiger partial charge in [0.1, 0.15) is 11.2 Å². The molecule has 0 aliphatic carbocycles. The summed E-state index contributed by atoms with van der Waals surface area (Å²) in [6.45, 7) is 10.6. The van der Waals surface area contributed by atoms with Gasteiger partial charge in [-0.3, -0.25) is 0 Å². The van der Waals surface area contributed by atoms with E-state index in [0.717, 1.165) is 0 Å². The molecule has 0 saturated carbocycles. The molecule has 0 radical (unpaired) electrons. The summed E-state index contributed by atoms with van der Waals surface area (Å²) in [5, 5.41) is 0. The Morgan fingerprint density at radius 1 is 0.824 bits per heavy atom. The van der Waals surface area contributed by atoms with E-state index in [4.69, 9.17) is 14.2 Å². The maximum Gasteiger partial charge on any atom is 0.339 e. The summed E-state index contributed by atoms with van der Waals surface area (Å²) in [5.41, 5.74) is -1.16. The van der Waals surface area contributed by atoms with Crippen molar-refractivity contribution in [1.29, 1.82) is 0 Å². The minimum atomic E-state index is -0.816. The van der Waals surface area contributed by atoms with Crippen LogP contribution in [-0.4, -0.2) is 35.3 Å². The van der Waals surface area contributed by atoms with Gasteiger partial charge in [-0.1, -0.05) is 0 Å². The third kappa shape index (κ3) is 4.73. The maximum absolute atomic E-state index is 11.5. The predicted octanol–water partition coefficient (Wildman–Crippen LogP) is 1.44. The van der Waals surface area contributed by atoms with Crippen molar-refractivity contribution < 1.29 is 23.8 Å². The molecular formula is C12H20O5. The minimum Gasteiger partial charge on any atom is -0.458 e. The molecule has 1 aliphatic heterocycles. The average Bonchev–Trinajstić information content (AvgIpc) is 2.74. The first-order chi connectivity index (χ1) is 7.49. The Balaban J connectivity index is 2.44. The fourth-order valence-electron chi connectivity index (χ4n) is 1.19. The predicted molar refractivity (Wildman–Crippen MR) is 60.4 cm³/mol. The number of esters is 2. The first-order valence-corrected chi connectivity index (χ1v) is 5.61. The van der Waals surface area contributed by atoms with E-state index in [1.807, 2.05) is 0 Å². The topological polar surface area (TPSA) is 65.1 Å². The molecule has 1 rings (SSSR count). The van der Waals surface area contributed by atoms with Gasteiger partial charge in [-0.25, -0.2) is 9.59 Å². The van der Waals surface area contributed by atoms with Gasteiger partial charge in [0.25, 0.3) is 0 Å². The van der Waals surface area contributed by atoms with E-state index in [-0.39, 0.29) is 0 Å². The smallest absolute Gasteiger partial charge is 0.339 e. The summed E-state index contributed by atoms with van der Waals surface area (Å²) in [5.74, 6) is -1.04. The van der Waals surface area contributed by atoms with Crippen molar-refractivity contribution in [3.8, 4) is 0 Å². The van der Waals surface area contributed by atoms with E-state index >= 15 is 0 Å². The molecule has 98 valence electrons. The SMILES string of the molecule is CC(C)(C)OC(=O)[C@H]1O[C@H]1C(=O)OC(C)(C)C. The third-order valence-corrected chi connectivity index (χ3v) is 1.77. The molecule has 1 fully saturated rings. The maximum atomic E-state index is 11.5. The first kappa shape index (κ1) is 14.0. The summed E-state index contributed by atoms with van der Waals surface area (Å²) in [4.78, 5) is 23.1. The van der Waals surface area contributed by atoms with Crippen molar-refractivity contribution in [2.75, 3.05) is 0 Å². The van der Waals surface area contributed by atoms with Crippen molar-refractivity contribution in [3.63, 3.8) is 0 Å². The van der Waals surface area contributed by atoms with Gasteiger partial charge in [0.15, 0.2) is 12.2 Å². The normalized spacial score (nSPS) is 24.1. The van der Waals surface area contributed by atoms with E-state index in [1.165, 1.54) is 0 Å². The fourth-order valence-corrected chi connectivity index (χ4v) is 1.19. The molecule has 0 spiro atoms. The molecule has 0 unspecified atom stereocenters. The quantitative estimate of drug-likeness (QED) is 0.543. The highest BCUT2D eigenvalue weighted by Crippen LogP contribution is 2.28. The van der Waals surface area contributed by atoms with Crippen molar-refractivity contribution in [2.24, 2.45) is 0 Å². The number of hydrogen-bond acceptors (Lipinski definition) is 5. The van der Waals surface area contributed by atoms with Crippen LogP contribution in [0, 0.1) is 0 Å². The summed E-state index contributed by atoms with van der Waals surface area (Å²) >= 11 is 0. The molecule has 0 aromatic rings. The van der Waals surface area contributed by atoms with Crippen molar-refractivity contribution >= 4 is 11.9 Å². The number of carbonyl (C=O) groups is 2. The van der Waals surface area contributed by atoms with Crippen LogP contribution in [0.3, 0.4) is 0 Å². The number of carbonyl (C=O) groups excluding carboxylic acids is 2. The molecule has 1 saturated heterocycles. The van der Waals surface area contributed by atoms with Crippen molar-refractivity contribution in [2.45, 2.75) is 65.0 Å². The van der Waals surface area contributed by atoms with Crippen LogP contribution in [0.2, 0.25) is 0 Å². The van der Waals surface area contributed by atoms with Gasteiger partial charge in [-0.15, -0.1) is 0 Å². The Bertz CT molecular complexity index is 289. The lowest BCUT2D eigenvalue weighted by atomic mass is 10.2. The average molecular weight is 244 g/mol. The molecule has 1 heterocycles. The zero-order valence-electron chi connectivity index (χ0n) is 11.2. The second kappa shape index (κ2) is 4.29. The van der Waals surface area contributed by atoms with Crippen LogP contribution in [0.15, 0.2) is 0 Å². The van der Waals surface area contributed by atoms with Gasteiger partial charge in [0.05, 0.1) is 0 Å². The van der Waals surface area contributed by atoms with Gasteiger partial charge in [-0.05, 0) is 41.5 Å². The van der Waals surface area contributed by atoms with Crippen molar-refractivity contribution in [1.82, 2.24) is 0 Å². The highest BCUT2D eigenvalue weighted by atomic mass is 16.7. The van der Waals surface area contributed by atoms with E-state index in [9.17, 15) is 9.59 Å². The van der Waals surface area contributed by atoms with E-state index in [0.29, 0.717) is 0 Å². The number of hydrogen-bond donors (Lipinski definition) is 0. The Morgan fingerprint density at radius 3 is 1.35 bits per heavy atom. The van der Waals surface area contributed by atoms with Crippen LogP contribution in [0.1, 0.15) is 41.5 Å². The lowest BCUT2D eigenvalue weighted by Crippen LogP contribution is -2.31. The standard InChI is InChI=1S/C12H20O5/c1-11(2,3)16-9(13)7-8(15-7)10(14)17-12(4,5)6/h7-8H,1-6H3/t7-,8+. The monoisotopic (exact) mass is 244 g/mol. The van der Waals surface area contributed by atoms with E-state index in [2.05, 4.69) is 0 Å². The van der Waals surface area contributed by atoms with E-state index in [1.54, 1.807) is 41.5 Å². The second-order valence-electron chi connectivity index (χ2n) is 6.04. The molecule has 5 heteroatoms. The van der Waals surface area contributed by atoms with Gasteiger partial charge in [0, 0.05) is 0 Å². The van der Waals surface area contributed by atoms with Gasteiger partial charge in [0.2, 0.25) is 0 Å². The zero-order valence-corrected chi connectivity index (χ0v) is 11.2. The minimum absolute atomic E-state index is 0.520. The summed E-state index contributed by atoms with van der Waals surface area (Å²) in [6.07, 6.45) is -1.63. The van der Waals surface area contributed by atoms with Crippen molar-refractivity contribution in [3.05, 3.63) is 0 Å². The summed E-state index contributed by atoms with van der Waals surface area (Å²) in [6, 6.07) is 0. The molecule has 0 bridgehead atoms. The highest BCUT2D eigenvalue weighted by molar-refractivity contribution is 5.90. The molecule has 0 amide bonds. The number of ether oxygens (including phenoxy) is 3. The largest absolute Gasteiger partial charge is 0.458 e. The van der Waals surface area contributed by atoms with Crippen LogP contribution < -0.4 is 0 Å².